The highest BCUT2D eigenvalue weighted by atomic mass is 35.5. The van der Waals surface area contributed by atoms with Gasteiger partial charge in [-0.05, 0) is 42.3 Å². The second-order valence-electron chi connectivity index (χ2n) is 5.44. The number of carbonyl (C=O) groups is 1. The van der Waals surface area contributed by atoms with Crippen LogP contribution in [0.4, 0.5) is 5.69 Å². The van der Waals surface area contributed by atoms with Crippen LogP contribution in [0, 0.1) is 0 Å². The summed E-state index contributed by atoms with van der Waals surface area (Å²) in [4.78, 5) is 16.3. The third kappa shape index (κ3) is 4.81. The zero-order valence-corrected chi connectivity index (χ0v) is 14.2. The van der Waals surface area contributed by atoms with Crippen LogP contribution in [-0.2, 0) is 11.2 Å². The van der Waals surface area contributed by atoms with Gasteiger partial charge in [-0.15, -0.1) is 0 Å². The minimum atomic E-state index is -0.0842. The van der Waals surface area contributed by atoms with Crippen LogP contribution in [0.5, 0.6) is 11.5 Å². The van der Waals surface area contributed by atoms with Crippen LogP contribution >= 0.6 is 11.6 Å². The normalized spacial score (nSPS) is 10.3. The molecule has 5 heteroatoms. The average molecular weight is 353 g/mol. The van der Waals surface area contributed by atoms with Crippen molar-refractivity contribution in [3.63, 3.8) is 0 Å². The lowest BCUT2D eigenvalue weighted by molar-refractivity contribution is -0.116. The molecule has 25 heavy (non-hydrogen) atoms. The Morgan fingerprint density at radius 1 is 1.00 bits per heavy atom. The number of benzene rings is 2. The fraction of sp³-hybridized carbons (Fsp3) is 0.100. The number of ether oxygens (including phenoxy) is 1. The van der Waals surface area contributed by atoms with Crippen molar-refractivity contribution in [3.05, 3.63) is 83.6 Å². The quantitative estimate of drug-likeness (QED) is 0.671. The minimum Gasteiger partial charge on any atom is -0.454 e. The van der Waals surface area contributed by atoms with Crippen LogP contribution in [0.1, 0.15) is 12.0 Å². The predicted molar refractivity (Wildman–Crippen MR) is 99.2 cm³/mol. The van der Waals surface area contributed by atoms with Crippen LogP contribution in [0.15, 0.2) is 73.1 Å². The van der Waals surface area contributed by atoms with Crippen molar-refractivity contribution in [3.8, 4) is 11.5 Å². The van der Waals surface area contributed by atoms with Crippen LogP contribution in [0.25, 0.3) is 0 Å². The molecule has 3 rings (SSSR count). The summed E-state index contributed by atoms with van der Waals surface area (Å²) in [6, 6.07) is 18.3. The van der Waals surface area contributed by atoms with Crippen molar-refractivity contribution in [1.29, 1.82) is 0 Å². The second-order valence-corrected chi connectivity index (χ2v) is 5.85. The summed E-state index contributed by atoms with van der Waals surface area (Å²) < 4.78 is 5.85. The van der Waals surface area contributed by atoms with Gasteiger partial charge < -0.3 is 10.1 Å². The van der Waals surface area contributed by atoms with Gasteiger partial charge in [-0.3, -0.25) is 9.78 Å². The molecule has 0 saturated carbocycles. The highest BCUT2D eigenvalue weighted by molar-refractivity contribution is 6.32. The number of halogens is 1. The molecule has 1 aromatic heterocycles. The third-order valence-corrected chi connectivity index (χ3v) is 3.89. The van der Waals surface area contributed by atoms with E-state index in [1.54, 1.807) is 36.7 Å². The maximum atomic E-state index is 12.2. The van der Waals surface area contributed by atoms with Crippen molar-refractivity contribution in [2.24, 2.45) is 0 Å². The van der Waals surface area contributed by atoms with E-state index in [9.17, 15) is 4.79 Å². The van der Waals surface area contributed by atoms with Gasteiger partial charge in [0.1, 0.15) is 5.75 Å². The van der Waals surface area contributed by atoms with Crippen molar-refractivity contribution in [2.75, 3.05) is 5.32 Å². The van der Waals surface area contributed by atoms with Gasteiger partial charge in [0.15, 0.2) is 5.75 Å². The first-order valence-electron chi connectivity index (χ1n) is 7.92. The second kappa shape index (κ2) is 8.31. The van der Waals surface area contributed by atoms with E-state index in [1.807, 2.05) is 36.4 Å². The number of hydrogen-bond donors (Lipinski definition) is 1. The van der Waals surface area contributed by atoms with E-state index in [4.69, 9.17) is 16.3 Å². The smallest absolute Gasteiger partial charge is 0.224 e. The SMILES string of the molecule is O=C(CCc1cccnc1)Nc1ccccc1Oc1ccccc1Cl. The Morgan fingerprint density at radius 2 is 1.76 bits per heavy atom. The first kappa shape index (κ1) is 17.0. The topological polar surface area (TPSA) is 51.2 Å². The first-order valence-corrected chi connectivity index (χ1v) is 8.30. The maximum Gasteiger partial charge on any atom is 0.224 e. The number of carbonyl (C=O) groups excluding carboxylic acids is 1. The zero-order valence-electron chi connectivity index (χ0n) is 13.5. The number of aromatic nitrogens is 1. The molecule has 1 heterocycles. The monoisotopic (exact) mass is 352 g/mol. The molecule has 0 unspecified atom stereocenters. The number of para-hydroxylation sites is 3. The van der Waals surface area contributed by atoms with Gasteiger partial charge in [0, 0.05) is 18.8 Å². The Morgan fingerprint density at radius 3 is 2.52 bits per heavy atom. The molecule has 0 saturated heterocycles. The Kier molecular flexibility index (Phi) is 5.65. The van der Waals surface area contributed by atoms with E-state index in [2.05, 4.69) is 10.3 Å². The van der Waals surface area contributed by atoms with Gasteiger partial charge in [-0.25, -0.2) is 0 Å². The number of aryl methyl sites for hydroxylation is 1. The largest absolute Gasteiger partial charge is 0.454 e. The minimum absolute atomic E-state index is 0.0842. The van der Waals surface area contributed by atoms with E-state index >= 15 is 0 Å². The van der Waals surface area contributed by atoms with Crippen LogP contribution in [-0.4, -0.2) is 10.9 Å². The number of hydrogen-bond acceptors (Lipinski definition) is 3. The number of nitrogens with one attached hydrogen (secondary N) is 1. The third-order valence-electron chi connectivity index (χ3n) is 3.58. The fourth-order valence-electron chi connectivity index (χ4n) is 2.32. The lowest BCUT2D eigenvalue weighted by Crippen LogP contribution is -2.13. The molecule has 126 valence electrons. The lowest BCUT2D eigenvalue weighted by Gasteiger charge is -2.13. The van der Waals surface area contributed by atoms with E-state index in [-0.39, 0.29) is 5.91 Å². The van der Waals surface area contributed by atoms with Gasteiger partial charge in [-0.1, -0.05) is 41.9 Å². The maximum absolute atomic E-state index is 12.2. The molecule has 0 radical (unpaired) electrons. The summed E-state index contributed by atoms with van der Waals surface area (Å²) in [6.07, 6.45) is 4.48. The van der Waals surface area contributed by atoms with Gasteiger partial charge in [0.05, 0.1) is 10.7 Å². The Bertz CT molecular complexity index is 853. The Hall–Kier alpha value is -2.85. The summed E-state index contributed by atoms with van der Waals surface area (Å²) in [5.41, 5.74) is 1.64. The molecule has 0 aliphatic carbocycles. The molecule has 0 fully saturated rings. The average Bonchev–Trinajstić information content (AvgIpc) is 2.64. The standard InChI is InChI=1S/C20H17ClN2O2/c21-16-7-1-3-9-18(16)25-19-10-4-2-8-17(19)23-20(24)12-11-15-6-5-13-22-14-15/h1-10,13-14H,11-12H2,(H,23,24). The van der Waals surface area contributed by atoms with Gasteiger partial charge in [0.25, 0.3) is 0 Å². The van der Waals surface area contributed by atoms with E-state index in [0.29, 0.717) is 35.1 Å². The summed E-state index contributed by atoms with van der Waals surface area (Å²) in [6.45, 7) is 0. The fourth-order valence-corrected chi connectivity index (χ4v) is 2.50. The van der Waals surface area contributed by atoms with Crippen molar-refractivity contribution in [1.82, 2.24) is 4.98 Å². The van der Waals surface area contributed by atoms with Crippen molar-refractivity contribution in [2.45, 2.75) is 12.8 Å². The molecular weight excluding hydrogens is 336 g/mol. The summed E-state index contributed by atoms with van der Waals surface area (Å²) in [5, 5.41) is 3.41. The van der Waals surface area contributed by atoms with Gasteiger partial charge in [-0.2, -0.15) is 0 Å². The number of nitrogens with zero attached hydrogens (tertiary/aromatic N) is 1. The van der Waals surface area contributed by atoms with Crippen LogP contribution in [0.2, 0.25) is 5.02 Å². The summed E-state index contributed by atoms with van der Waals surface area (Å²) in [7, 11) is 0. The Labute approximate surface area is 151 Å². The molecule has 0 bridgehead atoms. The van der Waals surface area contributed by atoms with E-state index in [1.165, 1.54) is 0 Å². The molecule has 3 aromatic rings. The molecular formula is C20H17ClN2O2. The number of pyridine rings is 1. The number of amides is 1. The molecule has 0 aliphatic heterocycles. The van der Waals surface area contributed by atoms with Crippen LogP contribution < -0.4 is 10.1 Å². The molecule has 0 atom stereocenters. The molecule has 0 spiro atoms. The van der Waals surface area contributed by atoms with Crippen molar-refractivity contribution < 1.29 is 9.53 Å². The van der Waals surface area contributed by atoms with Crippen molar-refractivity contribution >= 4 is 23.2 Å². The molecule has 1 amide bonds. The van der Waals surface area contributed by atoms with Gasteiger partial charge >= 0.3 is 0 Å². The molecule has 0 aliphatic rings. The first-order chi connectivity index (χ1) is 12.2. The summed E-state index contributed by atoms with van der Waals surface area (Å²) >= 11 is 6.13. The number of anilines is 1. The predicted octanol–water partition coefficient (Wildman–Crippen LogP) is 5.10. The highest BCUT2D eigenvalue weighted by Crippen LogP contribution is 2.33. The Balaban J connectivity index is 1.66. The van der Waals surface area contributed by atoms with Crippen LogP contribution in [0.3, 0.4) is 0 Å². The van der Waals surface area contributed by atoms with E-state index < -0.39 is 0 Å². The summed E-state index contributed by atoms with van der Waals surface area (Å²) in [5.74, 6) is 1.01. The van der Waals surface area contributed by atoms with E-state index in [0.717, 1.165) is 5.56 Å². The molecule has 4 nitrogen and oxygen atoms in total. The zero-order chi connectivity index (χ0) is 17.5. The molecule has 1 N–H and O–H groups in total. The van der Waals surface area contributed by atoms with Gasteiger partial charge in [0.2, 0.25) is 5.91 Å². The number of rotatable bonds is 6. The lowest BCUT2D eigenvalue weighted by atomic mass is 10.1. The molecule has 2 aromatic carbocycles. The highest BCUT2D eigenvalue weighted by Gasteiger charge is 2.10.